The lowest BCUT2D eigenvalue weighted by atomic mass is 10.2. The number of halogens is 2. The molecular weight excluding hydrogens is 223 g/mol. The Morgan fingerprint density at radius 1 is 1.64 bits per heavy atom. The molecule has 1 aromatic rings. The fourth-order valence-corrected chi connectivity index (χ4v) is 1.55. The van der Waals surface area contributed by atoms with Crippen LogP contribution in [-0.2, 0) is 6.54 Å². The highest BCUT2D eigenvalue weighted by Crippen LogP contribution is 2.11. The highest BCUT2D eigenvalue weighted by Gasteiger charge is 2.06. The van der Waals surface area contributed by atoms with Gasteiger partial charge < -0.3 is 4.57 Å². The van der Waals surface area contributed by atoms with E-state index in [9.17, 15) is 4.79 Å². The van der Waals surface area contributed by atoms with E-state index in [0.717, 1.165) is 0 Å². The van der Waals surface area contributed by atoms with Crippen LogP contribution in [0.3, 0.4) is 0 Å². The first-order valence-corrected chi connectivity index (χ1v) is 4.75. The average molecular weight is 231 g/mol. The lowest BCUT2D eigenvalue weighted by molar-refractivity contribution is 0.564. The van der Waals surface area contributed by atoms with Crippen LogP contribution in [0.1, 0.15) is 6.92 Å². The van der Waals surface area contributed by atoms with E-state index in [4.69, 9.17) is 28.5 Å². The van der Waals surface area contributed by atoms with Gasteiger partial charge in [-0.25, -0.2) is 0 Å². The summed E-state index contributed by atoms with van der Waals surface area (Å²) in [6.45, 7) is 2.02. The molecule has 1 aromatic heterocycles. The van der Waals surface area contributed by atoms with E-state index in [1.54, 1.807) is 6.92 Å². The summed E-state index contributed by atoms with van der Waals surface area (Å²) in [6.07, 6.45) is 1.48. The molecule has 0 aliphatic carbocycles. The smallest absolute Gasteiger partial charge is 0.269 e. The van der Waals surface area contributed by atoms with Crippen LogP contribution < -0.4 is 5.56 Å². The molecular formula is C9H8Cl2N2O. The van der Waals surface area contributed by atoms with Crippen LogP contribution >= 0.6 is 23.2 Å². The first-order chi connectivity index (χ1) is 6.54. The number of rotatable bonds is 2. The quantitative estimate of drug-likeness (QED) is 0.783. The van der Waals surface area contributed by atoms with Gasteiger partial charge in [-0.1, -0.05) is 23.2 Å². The van der Waals surface area contributed by atoms with Gasteiger partial charge in [-0.2, -0.15) is 5.26 Å². The third-order valence-electron chi connectivity index (χ3n) is 1.70. The van der Waals surface area contributed by atoms with Crippen LogP contribution in [0.15, 0.2) is 17.1 Å². The summed E-state index contributed by atoms with van der Waals surface area (Å²) in [6, 6.07) is 3.42. The Bertz CT molecular complexity index is 433. The fourth-order valence-electron chi connectivity index (χ4n) is 1.04. The molecule has 0 bridgehead atoms. The zero-order valence-corrected chi connectivity index (χ0v) is 9.01. The maximum atomic E-state index is 11.4. The van der Waals surface area contributed by atoms with Crippen molar-refractivity contribution in [1.29, 1.82) is 5.26 Å². The maximum Gasteiger partial charge on any atom is 0.269 e. The van der Waals surface area contributed by atoms with Crippen molar-refractivity contribution < 1.29 is 0 Å². The van der Waals surface area contributed by atoms with E-state index in [0.29, 0.717) is 11.6 Å². The van der Waals surface area contributed by atoms with Crippen LogP contribution in [0.4, 0.5) is 0 Å². The van der Waals surface area contributed by atoms with Gasteiger partial charge >= 0.3 is 0 Å². The van der Waals surface area contributed by atoms with Gasteiger partial charge in [0.05, 0.1) is 17.0 Å². The van der Waals surface area contributed by atoms with Crippen molar-refractivity contribution in [2.45, 2.75) is 13.5 Å². The van der Waals surface area contributed by atoms with Crippen LogP contribution in [0.2, 0.25) is 10.0 Å². The Labute approximate surface area is 91.5 Å². The minimum atomic E-state index is -0.321. The maximum absolute atomic E-state index is 11.4. The molecule has 0 N–H and O–H groups in total. The van der Waals surface area contributed by atoms with Gasteiger partial charge in [0.25, 0.3) is 5.56 Å². The third-order valence-corrected chi connectivity index (χ3v) is 2.18. The Morgan fingerprint density at radius 2 is 2.29 bits per heavy atom. The minimum absolute atomic E-state index is 0.0719. The van der Waals surface area contributed by atoms with Gasteiger partial charge in [0.1, 0.15) is 5.02 Å². The van der Waals surface area contributed by atoms with Crippen LogP contribution in [-0.4, -0.2) is 4.57 Å². The predicted molar refractivity (Wildman–Crippen MR) is 55.5 cm³/mol. The van der Waals surface area contributed by atoms with Crippen molar-refractivity contribution in [1.82, 2.24) is 4.57 Å². The summed E-state index contributed by atoms with van der Waals surface area (Å²) < 4.78 is 1.35. The molecule has 5 heteroatoms. The highest BCUT2D eigenvalue weighted by molar-refractivity contribution is 6.34. The molecule has 74 valence electrons. The highest BCUT2D eigenvalue weighted by atomic mass is 35.5. The fraction of sp³-hybridized carbons (Fsp3) is 0.333. The Balaban J connectivity index is 3.10. The topological polar surface area (TPSA) is 45.8 Å². The molecule has 0 aromatic carbocycles. The molecule has 0 saturated carbocycles. The minimum Gasteiger partial charge on any atom is -0.311 e. The zero-order chi connectivity index (χ0) is 10.7. The summed E-state index contributed by atoms with van der Waals surface area (Å²) in [5.74, 6) is -0.248. The standard InChI is InChI=1S/C9H8Cl2N2O/c1-6(3-12)4-13-5-7(10)2-8(11)9(13)14/h2,5-6H,4H2,1H3. The first-order valence-electron chi connectivity index (χ1n) is 3.99. The normalized spacial score (nSPS) is 12.1. The monoisotopic (exact) mass is 230 g/mol. The second kappa shape index (κ2) is 4.50. The van der Waals surface area contributed by atoms with E-state index in [-0.39, 0.29) is 16.5 Å². The van der Waals surface area contributed by atoms with E-state index >= 15 is 0 Å². The SMILES string of the molecule is CC(C#N)Cn1cc(Cl)cc(Cl)c1=O. The van der Waals surface area contributed by atoms with Crippen molar-refractivity contribution in [3.8, 4) is 6.07 Å². The summed E-state index contributed by atoms with van der Waals surface area (Å²) >= 11 is 11.4. The molecule has 0 amide bonds. The molecule has 0 spiro atoms. The van der Waals surface area contributed by atoms with Crippen molar-refractivity contribution in [3.63, 3.8) is 0 Å². The van der Waals surface area contributed by atoms with E-state index in [1.165, 1.54) is 16.8 Å². The second-order valence-electron chi connectivity index (χ2n) is 2.99. The number of nitriles is 1. The van der Waals surface area contributed by atoms with Gasteiger partial charge in [0.15, 0.2) is 0 Å². The first kappa shape index (κ1) is 11.1. The largest absolute Gasteiger partial charge is 0.311 e. The summed E-state index contributed by atoms with van der Waals surface area (Å²) in [5, 5.41) is 9.05. The van der Waals surface area contributed by atoms with Gasteiger partial charge in [0, 0.05) is 12.7 Å². The van der Waals surface area contributed by atoms with Crippen LogP contribution in [0, 0.1) is 17.2 Å². The van der Waals surface area contributed by atoms with Gasteiger partial charge in [-0.3, -0.25) is 4.79 Å². The summed E-state index contributed by atoms with van der Waals surface area (Å²) in [5.41, 5.74) is -0.321. The Kier molecular flexibility index (Phi) is 3.56. The van der Waals surface area contributed by atoms with Gasteiger partial charge in [-0.05, 0) is 13.0 Å². The number of aromatic nitrogens is 1. The molecule has 1 unspecified atom stereocenters. The lowest BCUT2D eigenvalue weighted by Crippen LogP contribution is -2.22. The number of nitrogens with zero attached hydrogens (tertiary/aromatic N) is 2. The Morgan fingerprint density at radius 3 is 2.86 bits per heavy atom. The van der Waals surface area contributed by atoms with Crippen molar-refractivity contribution in [2.24, 2.45) is 5.92 Å². The number of hydrogen-bond donors (Lipinski definition) is 0. The average Bonchev–Trinajstić information content (AvgIpc) is 2.13. The molecule has 0 aliphatic heterocycles. The molecule has 1 atom stereocenters. The molecule has 0 saturated heterocycles. The molecule has 0 aliphatic rings. The Hall–Kier alpha value is -0.980. The predicted octanol–water partition coefficient (Wildman–Crippen LogP) is 2.31. The van der Waals surface area contributed by atoms with Gasteiger partial charge in [0.2, 0.25) is 0 Å². The molecule has 1 rings (SSSR count). The van der Waals surface area contributed by atoms with E-state index in [2.05, 4.69) is 0 Å². The zero-order valence-electron chi connectivity index (χ0n) is 7.50. The number of pyridine rings is 1. The van der Waals surface area contributed by atoms with E-state index in [1.807, 2.05) is 6.07 Å². The van der Waals surface area contributed by atoms with Gasteiger partial charge in [-0.15, -0.1) is 0 Å². The lowest BCUT2D eigenvalue weighted by Gasteiger charge is -2.07. The molecule has 0 radical (unpaired) electrons. The van der Waals surface area contributed by atoms with E-state index < -0.39 is 0 Å². The molecule has 0 fully saturated rings. The van der Waals surface area contributed by atoms with Crippen molar-refractivity contribution in [2.75, 3.05) is 0 Å². The third kappa shape index (κ3) is 2.50. The summed E-state index contributed by atoms with van der Waals surface area (Å²) in [7, 11) is 0. The molecule has 14 heavy (non-hydrogen) atoms. The number of hydrogen-bond acceptors (Lipinski definition) is 2. The molecule has 3 nitrogen and oxygen atoms in total. The van der Waals surface area contributed by atoms with Crippen molar-refractivity contribution in [3.05, 3.63) is 32.7 Å². The molecule has 1 heterocycles. The summed E-state index contributed by atoms with van der Waals surface area (Å²) in [4.78, 5) is 11.4. The van der Waals surface area contributed by atoms with Crippen LogP contribution in [0.25, 0.3) is 0 Å². The second-order valence-corrected chi connectivity index (χ2v) is 3.84. The van der Waals surface area contributed by atoms with Crippen LogP contribution in [0.5, 0.6) is 0 Å². The van der Waals surface area contributed by atoms with Crippen molar-refractivity contribution >= 4 is 23.2 Å².